The van der Waals surface area contributed by atoms with Gasteiger partial charge in [0.05, 0.1) is 12.0 Å². The predicted octanol–water partition coefficient (Wildman–Crippen LogP) is 4.22. The van der Waals surface area contributed by atoms with Crippen molar-refractivity contribution in [2.24, 2.45) is 10.2 Å². The molecule has 7 heteroatoms. The number of nitro groups is 1. The number of hydrogen-bond acceptors (Lipinski definition) is 6. The summed E-state index contributed by atoms with van der Waals surface area (Å²) in [5, 5.41) is 19.1. The number of benzene rings is 2. The van der Waals surface area contributed by atoms with Gasteiger partial charge in [0, 0.05) is 17.8 Å². The van der Waals surface area contributed by atoms with E-state index >= 15 is 0 Å². The SMILES string of the molecule is COc1cc(N)c(C)cc1/N=N/c1ccc(C)cc1[N+](=O)[O-]. The van der Waals surface area contributed by atoms with E-state index in [4.69, 9.17) is 10.5 Å². The second kappa shape index (κ2) is 6.21. The molecule has 0 heterocycles. The number of nitro benzene ring substituents is 1. The number of hydrogen-bond donors (Lipinski definition) is 1. The third-order valence-corrected chi connectivity index (χ3v) is 3.16. The number of azo groups is 1. The maximum absolute atomic E-state index is 11.1. The Morgan fingerprint density at radius 1 is 1.14 bits per heavy atom. The van der Waals surface area contributed by atoms with Gasteiger partial charge in [-0.1, -0.05) is 6.07 Å². The molecule has 0 aromatic heterocycles. The van der Waals surface area contributed by atoms with Crippen LogP contribution in [0.15, 0.2) is 40.6 Å². The highest BCUT2D eigenvalue weighted by Gasteiger charge is 2.14. The minimum atomic E-state index is -0.479. The fourth-order valence-corrected chi connectivity index (χ4v) is 1.90. The zero-order valence-corrected chi connectivity index (χ0v) is 12.5. The first-order chi connectivity index (χ1) is 10.4. The van der Waals surface area contributed by atoms with Crippen LogP contribution in [0.4, 0.5) is 22.7 Å². The van der Waals surface area contributed by atoms with Crippen LogP contribution in [0.5, 0.6) is 5.75 Å². The van der Waals surface area contributed by atoms with Crippen LogP contribution in [0.1, 0.15) is 11.1 Å². The number of methoxy groups -OCH3 is 1. The van der Waals surface area contributed by atoms with E-state index in [-0.39, 0.29) is 11.4 Å². The van der Waals surface area contributed by atoms with E-state index in [9.17, 15) is 10.1 Å². The summed E-state index contributed by atoms with van der Waals surface area (Å²) in [5.74, 6) is 0.460. The van der Waals surface area contributed by atoms with Gasteiger partial charge in [-0.3, -0.25) is 10.1 Å². The van der Waals surface area contributed by atoms with Crippen LogP contribution >= 0.6 is 0 Å². The Bertz CT molecular complexity index is 757. The molecule has 2 aromatic rings. The highest BCUT2D eigenvalue weighted by molar-refractivity contribution is 5.64. The zero-order valence-electron chi connectivity index (χ0n) is 12.5. The van der Waals surface area contributed by atoms with Crippen molar-refractivity contribution in [1.82, 2.24) is 0 Å². The Morgan fingerprint density at radius 3 is 2.45 bits per heavy atom. The molecule has 22 heavy (non-hydrogen) atoms. The van der Waals surface area contributed by atoms with Crippen LogP contribution in [0.3, 0.4) is 0 Å². The molecule has 2 aromatic carbocycles. The van der Waals surface area contributed by atoms with Gasteiger partial charge in [-0.25, -0.2) is 0 Å². The monoisotopic (exact) mass is 300 g/mol. The lowest BCUT2D eigenvalue weighted by atomic mass is 10.1. The van der Waals surface area contributed by atoms with Crippen molar-refractivity contribution in [3.8, 4) is 5.75 Å². The second-order valence-electron chi connectivity index (χ2n) is 4.83. The van der Waals surface area contributed by atoms with Gasteiger partial charge >= 0.3 is 0 Å². The van der Waals surface area contributed by atoms with E-state index in [1.54, 1.807) is 31.2 Å². The van der Waals surface area contributed by atoms with Crippen molar-refractivity contribution < 1.29 is 9.66 Å². The first-order valence-corrected chi connectivity index (χ1v) is 6.53. The molecule has 0 radical (unpaired) electrons. The average Bonchev–Trinajstić information content (AvgIpc) is 2.48. The van der Waals surface area contributed by atoms with E-state index < -0.39 is 4.92 Å². The molecule has 2 N–H and O–H groups in total. The molecule has 0 spiro atoms. The van der Waals surface area contributed by atoms with E-state index in [1.165, 1.54) is 13.2 Å². The summed E-state index contributed by atoms with van der Waals surface area (Å²) >= 11 is 0. The van der Waals surface area contributed by atoms with Gasteiger partial charge in [0.2, 0.25) is 0 Å². The normalized spacial score (nSPS) is 10.9. The minimum absolute atomic E-state index is 0.0881. The van der Waals surface area contributed by atoms with Crippen molar-refractivity contribution in [3.63, 3.8) is 0 Å². The zero-order chi connectivity index (χ0) is 16.3. The molecule has 0 fully saturated rings. The number of ether oxygens (including phenoxy) is 1. The van der Waals surface area contributed by atoms with E-state index in [2.05, 4.69) is 10.2 Å². The van der Waals surface area contributed by atoms with Gasteiger partial charge in [-0.05, 0) is 37.1 Å². The molecular formula is C15H16N4O3. The summed E-state index contributed by atoms with van der Waals surface area (Å²) < 4.78 is 5.20. The average molecular weight is 300 g/mol. The van der Waals surface area contributed by atoms with Gasteiger partial charge in [-0.2, -0.15) is 0 Å². The van der Waals surface area contributed by atoms with Gasteiger partial charge in [0.15, 0.2) is 5.69 Å². The van der Waals surface area contributed by atoms with Crippen molar-refractivity contribution >= 4 is 22.7 Å². The Kier molecular flexibility index (Phi) is 4.36. The lowest BCUT2D eigenvalue weighted by Gasteiger charge is -2.07. The van der Waals surface area contributed by atoms with Gasteiger partial charge in [-0.15, -0.1) is 10.2 Å². The summed E-state index contributed by atoms with van der Waals surface area (Å²) in [7, 11) is 1.50. The molecule has 0 saturated carbocycles. The summed E-state index contributed by atoms with van der Waals surface area (Å²) in [6.45, 7) is 3.61. The first-order valence-electron chi connectivity index (χ1n) is 6.53. The maximum atomic E-state index is 11.1. The third kappa shape index (κ3) is 3.20. The molecule has 0 aliphatic heterocycles. The highest BCUT2D eigenvalue weighted by atomic mass is 16.6. The fourth-order valence-electron chi connectivity index (χ4n) is 1.90. The summed E-state index contributed by atoms with van der Waals surface area (Å²) in [6.07, 6.45) is 0. The van der Waals surface area contributed by atoms with Crippen LogP contribution in [0, 0.1) is 24.0 Å². The Balaban J connectivity index is 2.45. The smallest absolute Gasteiger partial charge is 0.296 e. The van der Waals surface area contributed by atoms with Crippen molar-refractivity contribution in [2.75, 3.05) is 12.8 Å². The highest BCUT2D eigenvalue weighted by Crippen LogP contribution is 2.35. The van der Waals surface area contributed by atoms with E-state index in [0.717, 1.165) is 11.1 Å². The van der Waals surface area contributed by atoms with Crippen LogP contribution in [0.25, 0.3) is 0 Å². The Morgan fingerprint density at radius 2 is 1.82 bits per heavy atom. The van der Waals surface area contributed by atoms with Crippen LogP contribution in [-0.2, 0) is 0 Å². The molecule has 0 aliphatic carbocycles. The largest absolute Gasteiger partial charge is 0.494 e. The quantitative estimate of drug-likeness (QED) is 0.395. The number of nitrogen functional groups attached to an aromatic ring is 1. The van der Waals surface area contributed by atoms with Crippen molar-refractivity contribution in [2.45, 2.75) is 13.8 Å². The Labute approximate surface area is 127 Å². The summed E-state index contributed by atoms with van der Waals surface area (Å²) in [5.41, 5.74) is 8.56. The molecule has 0 amide bonds. The van der Waals surface area contributed by atoms with Gasteiger partial charge < -0.3 is 10.5 Å². The molecule has 0 atom stereocenters. The molecule has 0 saturated heterocycles. The molecule has 2 rings (SSSR count). The number of aryl methyl sites for hydroxylation is 2. The number of rotatable bonds is 4. The number of nitrogens with two attached hydrogens (primary N) is 1. The van der Waals surface area contributed by atoms with Crippen LogP contribution < -0.4 is 10.5 Å². The maximum Gasteiger partial charge on any atom is 0.296 e. The number of nitrogens with zero attached hydrogens (tertiary/aromatic N) is 3. The molecule has 0 unspecified atom stereocenters. The molecule has 114 valence electrons. The molecule has 7 nitrogen and oxygen atoms in total. The van der Waals surface area contributed by atoms with Crippen molar-refractivity contribution in [1.29, 1.82) is 0 Å². The lowest BCUT2D eigenvalue weighted by molar-refractivity contribution is -0.384. The fraction of sp³-hybridized carbons (Fsp3) is 0.200. The molecule has 0 bridgehead atoms. The summed E-state index contributed by atoms with van der Waals surface area (Å²) in [4.78, 5) is 10.6. The second-order valence-corrected chi connectivity index (χ2v) is 4.83. The summed E-state index contributed by atoms with van der Waals surface area (Å²) in [6, 6.07) is 8.13. The Hall–Kier alpha value is -2.96. The van der Waals surface area contributed by atoms with Crippen LogP contribution in [-0.4, -0.2) is 12.0 Å². The third-order valence-electron chi connectivity index (χ3n) is 3.16. The van der Waals surface area contributed by atoms with Crippen molar-refractivity contribution in [3.05, 3.63) is 51.6 Å². The standard InChI is InChI=1S/C15H16N4O3/c1-9-4-5-12(14(6-9)19(20)21)17-18-13-7-10(2)11(16)8-15(13)22-3/h4-8H,16H2,1-3H3/b18-17+. The molecular weight excluding hydrogens is 284 g/mol. The van der Waals surface area contributed by atoms with Gasteiger partial charge in [0.1, 0.15) is 11.4 Å². The minimum Gasteiger partial charge on any atom is -0.494 e. The topological polar surface area (TPSA) is 103 Å². The lowest BCUT2D eigenvalue weighted by Crippen LogP contribution is -1.92. The molecule has 0 aliphatic rings. The van der Waals surface area contributed by atoms with Gasteiger partial charge in [0.25, 0.3) is 5.69 Å². The number of anilines is 1. The predicted molar refractivity (Wildman–Crippen MR) is 84.2 cm³/mol. The van der Waals surface area contributed by atoms with E-state index in [0.29, 0.717) is 17.1 Å². The first kappa shape index (κ1) is 15.4. The van der Waals surface area contributed by atoms with Crippen LogP contribution in [0.2, 0.25) is 0 Å². The van der Waals surface area contributed by atoms with E-state index in [1.807, 2.05) is 6.92 Å².